The van der Waals surface area contributed by atoms with E-state index in [-0.39, 0.29) is 17.1 Å². The maximum atomic E-state index is 12.5. The van der Waals surface area contributed by atoms with E-state index in [1.165, 1.54) is 24.7 Å². The number of nitrogens with zero attached hydrogens (tertiary/aromatic N) is 4. The van der Waals surface area contributed by atoms with Gasteiger partial charge >= 0.3 is 11.7 Å². The first-order valence-electron chi connectivity index (χ1n) is 10.1. The van der Waals surface area contributed by atoms with Gasteiger partial charge in [-0.1, -0.05) is 30.3 Å². The third-order valence-electron chi connectivity index (χ3n) is 5.04. The molecule has 33 heavy (non-hydrogen) atoms. The van der Waals surface area contributed by atoms with E-state index >= 15 is 0 Å². The molecule has 0 bridgehead atoms. The number of ether oxygens (including phenoxy) is 1. The standard InChI is InChI=1S/C23H23N5O5/c1-14-8-5-6-11-20(14)23(30)33-19-10-7-9-18(12-19)13-24-25-22(29)17(4)27-16(3)21(28(31)32)15(2)26-27/h5-13,17H,1-4H3,(H,25,29)/b24-13+. The van der Waals surface area contributed by atoms with E-state index in [0.29, 0.717) is 16.9 Å². The van der Waals surface area contributed by atoms with Gasteiger partial charge in [0.25, 0.3) is 5.91 Å². The summed E-state index contributed by atoms with van der Waals surface area (Å²) in [5, 5.41) is 19.2. The van der Waals surface area contributed by atoms with Crippen LogP contribution in [0.15, 0.2) is 53.6 Å². The molecule has 1 atom stereocenters. The normalized spacial score (nSPS) is 11.9. The molecule has 0 spiro atoms. The molecule has 1 unspecified atom stereocenters. The van der Waals surface area contributed by atoms with Crippen molar-refractivity contribution in [2.24, 2.45) is 5.10 Å². The molecule has 1 aromatic heterocycles. The highest BCUT2D eigenvalue weighted by atomic mass is 16.6. The molecule has 1 heterocycles. The number of benzene rings is 2. The number of esters is 1. The Bertz CT molecular complexity index is 1250. The van der Waals surface area contributed by atoms with Gasteiger partial charge in [0, 0.05) is 0 Å². The number of carbonyl (C=O) groups excluding carboxylic acids is 2. The van der Waals surface area contributed by atoms with Crippen LogP contribution in [-0.4, -0.2) is 32.8 Å². The summed E-state index contributed by atoms with van der Waals surface area (Å²) in [4.78, 5) is 35.5. The minimum absolute atomic E-state index is 0.116. The number of rotatable bonds is 7. The fourth-order valence-corrected chi connectivity index (χ4v) is 3.29. The van der Waals surface area contributed by atoms with Gasteiger partial charge < -0.3 is 4.74 Å². The lowest BCUT2D eigenvalue weighted by Crippen LogP contribution is -2.28. The van der Waals surface area contributed by atoms with Gasteiger partial charge in [0.1, 0.15) is 23.2 Å². The van der Waals surface area contributed by atoms with Crippen molar-refractivity contribution in [3.05, 3.63) is 86.7 Å². The molecule has 10 heteroatoms. The minimum Gasteiger partial charge on any atom is -0.423 e. The maximum absolute atomic E-state index is 12.5. The number of hydrogen-bond acceptors (Lipinski definition) is 7. The number of nitro groups is 1. The molecule has 0 aliphatic carbocycles. The number of hydrazone groups is 1. The summed E-state index contributed by atoms with van der Waals surface area (Å²) in [5.74, 6) is -0.626. The average Bonchev–Trinajstić information content (AvgIpc) is 3.07. The Morgan fingerprint density at radius 2 is 1.91 bits per heavy atom. The number of carbonyl (C=O) groups is 2. The first kappa shape index (κ1) is 23.3. The van der Waals surface area contributed by atoms with Gasteiger partial charge in [0.2, 0.25) is 0 Å². The topological polar surface area (TPSA) is 129 Å². The zero-order valence-corrected chi connectivity index (χ0v) is 18.6. The van der Waals surface area contributed by atoms with Gasteiger partial charge in [-0.15, -0.1) is 0 Å². The highest BCUT2D eigenvalue weighted by Crippen LogP contribution is 2.24. The first-order chi connectivity index (χ1) is 15.7. The lowest BCUT2D eigenvalue weighted by molar-refractivity contribution is -0.386. The van der Waals surface area contributed by atoms with Crippen molar-refractivity contribution in [3.63, 3.8) is 0 Å². The first-order valence-corrected chi connectivity index (χ1v) is 10.1. The molecule has 0 fully saturated rings. The van der Waals surface area contributed by atoms with Crippen LogP contribution in [0.2, 0.25) is 0 Å². The predicted molar refractivity (Wildman–Crippen MR) is 121 cm³/mol. The van der Waals surface area contributed by atoms with Crippen molar-refractivity contribution in [2.45, 2.75) is 33.7 Å². The second-order valence-electron chi connectivity index (χ2n) is 7.41. The molecule has 1 N–H and O–H groups in total. The van der Waals surface area contributed by atoms with Crippen LogP contribution in [0.5, 0.6) is 5.75 Å². The highest BCUT2D eigenvalue weighted by molar-refractivity contribution is 5.93. The predicted octanol–water partition coefficient (Wildman–Crippen LogP) is 3.65. The fourth-order valence-electron chi connectivity index (χ4n) is 3.29. The Hall–Kier alpha value is -4.34. The molecular weight excluding hydrogens is 426 g/mol. The van der Waals surface area contributed by atoms with E-state index in [0.717, 1.165) is 5.56 Å². The van der Waals surface area contributed by atoms with E-state index in [9.17, 15) is 19.7 Å². The van der Waals surface area contributed by atoms with Gasteiger partial charge in [-0.25, -0.2) is 10.2 Å². The van der Waals surface area contributed by atoms with Crippen molar-refractivity contribution in [2.75, 3.05) is 0 Å². The monoisotopic (exact) mass is 449 g/mol. The van der Waals surface area contributed by atoms with Gasteiger partial charge in [-0.05, 0) is 57.0 Å². The minimum atomic E-state index is -0.809. The third-order valence-corrected chi connectivity index (χ3v) is 5.04. The summed E-state index contributed by atoms with van der Waals surface area (Å²) in [7, 11) is 0. The molecule has 170 valence electrons. The molecular formula is C23H23N5O5. The van der Waals surface area contributed by atoms with Crippen molar-refractivity contribution in [1.29, 1.82) is 0 Å². The molecule has 0 radical (unpaired) electrons. The summed E-state index contributed by atoms with van der Waals surface area (Å²) < 4.78 is 6.73. The molecule has 2 aromatic carbocycles. The van der Waals surface area contributed by atoms with Gasteiger partial charge in [-0.2, -0.15) is 10.2 Å². The summed E-state index contributed by atoms with van der Waals surface area (Å²) >= 11 is 0. The number of aryl methyl sites for hydroxylation is 2. The second-order valence-corrected chi connectivity index (χ2v) is 7.41. The molecule has 0 aliphatic rings. The Balaban J connectivity index is 1.65. The maximum Gasteiger partial charge on any atom is 0.343 e. The van der Waals surface area contributed by atoms with Crippen molar-refractivity contribution < 1.29 is 19.2 Å². The Morgan fingerprint density at radius 1 is 1.18 bits per heavy atom. The van der Waals surface area contributed by atoms with Crippen LogP contribution >= 0.6 is 0 Å². The van der Waals surface area contributed by atoms with Crippen LogP contribution in [0, 0.1) is 30.9 Å². The molecule has 0 aliphatic heterocycles. The van der Waals surface area contributed by atoms with Gasteiger partial charge in [0.05, 0.1) is 16.7 Å². The second kappa shape index (κ2) is 9.86. The van der Waals surface area contributed by atoms with Crippen molar-refractivity contribution in [1.82, 2.24) is 15.2 Å². The number of amides is 1. The van der Waals surface area contributed by atoms with Gasteiger partial charge in [0.15, 0.2) is 0 Å². The number of nitrogens with one attached hydrogen (secondary N) is 1. The van der Waals surface area contributed by atoms with E-state index in [1.54, 1.807) is 43.3 Å². The highest BCUT2D eigenvalue weighted by Gasteiger charge is 2.26. The van der Waals surface area contributed by atoms with Crippen molar-refractivity contribution in [3.8, 4) is 5.75 Å². The lowest BCUT2D eigenvalue weighted by atomic mass is 10.1. The van der Waals surface area contributed by atoms with Crippen molar-refractivity contribution >= 4 is 23.8 Å². The average molecular weight is 449 g/mol. The Kier molecular flexibility index (Phi) is 6.97. The quantitative estimate of drug-likeness (QED) is 0.193. The fraction of sp³-hybridized carbons (Fsp3) is 0.217. The van der Waals surface area contributed by atoms with Gasteiger partial charge in [-0.3, -0.25) is 19.6 Å². The smallest absolute Gasteiger partial charge is 0.343 e. The SMILES string of the molecule is Cc1ccccc1C(=O)Oc1cccc(/C=N/NC(=O)C(C)n2nc(C)c([N+](=O)[O-])c2C)c1. The van der Waals surface area contributed by atoms with E-state index in [2.05, 4.69) is 15.6 Å². The van der Waals surface area contributed by atoms with Crippen LogP contribution in [0.3, 0.4) is 0 Å². The van der Waals surface area contributed by atoms with E-state index in [1.807, 2.05) is 19.1 Å². The number of aromatic nitrogens is 2. The molecule has 3 rings (SSSR count). The molecule has 0 saturated carbocycles. The lowest BCUT2D eigenvalue weighted by Gasteiger charge is -2.11. The summed E-state index contributed by atoms with van der Waals surface area (Å²) in [6.45, 7) is 6.45. The summed E-state index contributed by atoms with van der Waals surface area (Å²) in [5.41, 5.74) is 4.68. The zero-order valence-electron chi connectivity index (χ0n) is 18.6. The molecule has 0 saturated heterocycles. The largest absolute Gasteiger partial charge is 0.423 e. The van der Waals surface area contributed by atoms with Crippen LogP contribution < -0.4 is 10.2 Å². The Morgan fingerprint density at radius 3 is 2.58 bits per heavy atom. The number of hydrogen-bond donors (Lipinski definition) is 1. The molecule has 3 aromatic rings. The molecule has 1 amide bonds. The van der Waals surface area contributed by atoms with E-state index in [4.69, 9.17) is 4.74 Å². The summed E-state index contributed by atoms with van der Waals surface area (Å²) in [6.07, 6.45) is 1.40. The molecule has 10 nitrogen and oxygen atoms in total. The summed E-state index contributed by atoms with van der Waals surface area (Å²) in [6, 6.07) is 13.0. The van der Waals surface area contributed by atoms with E-state index < -0.39 is 22.8 Å². The third kappa shape index (κ3) is 5.29. The van der Waals surface area contributed by atoms with Crippen LogP contribution in [0.1, 0.15) is 45.8 Å². The van der Waals surface area contributed by atoms with Crippen LogP contribution in [0.25, 0.3) is 0 Å². The van der Waals surface area contributed by atoms with Crippen LogP contribution in [-0.2, 0) is 4.79 Å². The zero-order chi connectivity index (χ0) is 24.1. The Labute approximate surface area is 190 Å². The van der Waals surface area contributed by atoms with Crippen LogP contribution in [0.4, 0.5) is 5.69 Å².